The molecule has 1 aromatic heterocycles. The summed E-state index contributed by atoms with van der Waals surface area (Å²) in [5.74, 6) is 0. The van der Waals surface area contributed by atoms with Gasteiger partial charge >= 0.3 is 0 Å². The van der Waals surface area contributed by atoms with Gasteiger partial charge in [0.25, 0.3) is 0 Å². The van der Waals surface area contributed by atoms with E-state index in [-0.39, 0.29) is 0 Å². The lowest BCUT2D eigenvalue weighted by molar-refractivity contribution is 0.427. The van der Waals surface area contributed by atoms with Gasteiger partial charge in [-0.25, -0.2) is 0 Å². The van der Waals surface area contributed by atoms with Crippen LogP contribution in [0.15, 0.2) is 40.9 Å². The largest absolute Gasteiger partial charge is 0.487 e. The molecular formula is C12H12BrNOS. The van der Waals surface area contributed by atoms with Gasteiger partial charge in [0.15, 0.2) is 5.06 Å². The van der Waals surface area contributed by atoms with Crippen molar-refractivity contribution < 1.29 is 4.74 Å². The quantitative estimate of drug-likeness (QED) is 0.916. The summed E-state index contributed by atoms with van der Waals surface area (Å²) in [5, 5.41) is 4.31. The van der Waals surface area contributed by atoms with Gasteiger partial charge in [0, 0.05) is 21.6 Å². The minimum atomic E-state index is 0.829. The summed E-state index contributed by atoms with van der Waals surface area (Å²) < 4.78 is 6.24. The number of anilines is 1. The lowest BCUT2D eigenvalue weighted by Gasteiger charge is -2.04. The number of hydrogen-bond donors (Lipinski definition) is 1. The van der Waals surface area contributed by atoms with Crippen LogP contribution in [0.3, 0.4) is 0 Å². The topological polar surface area (TPSA) is 21.3 Å². The third kappa shape index (κ3) is 3.00. The number of rotatable bonds is 4. The molecule has 0 spiro atoms. The van der Waals surface area contributed by atoms with Crippen molar-refractivity contribution in [3.05, 3.63) is 45.7 Å². The molecule has 2 rings (SSSR count). The molecule has 0 radical (unpaired) electrons. The molecule has 84 valence electrons. The van der Waals surface area contributed by atoms with Crippen molar-refractivity contribution in [1.29, 1.82) is 0 Å². The summed E-state index contributed by atoms with van der Waals surface area (Å²) in [7, 11) is 1.69. The predicted octanol–water partition coefficient (Wildman–Crippen LogP) is 4.13. The van der Waals surface area contributed by atoms with Crippen LogP contribution in [0.25, 0.3) is 0 Å². The van der Waals surface area contributed by atoms with Gasteiger partial charge < -0.3 is 10.1 Å². The monoisotopic (exact) mass is 297 g/mol. The van der Waals surface area contributed by atoms with E-state index in [4.69, 9.17) is 4.74 Å². The van der Waals surface area contributed by atoms with Crippen LogP contribution >= 0.6 is 27.3 Å². The predicted molar refractivity (Wildman–Crippen MR) is 72.3 cm³/mol. The van der Waals surface area contributed by atoms with Crippen LogP contribution in [0, 0.1) is 0 Å². The molecule has 0 saturated heterocycles. The molecule has 1 heterocycles. The first-order valence-electron chi connectivity index (χ1n) is 4.90. The Morgan fingerprint density at radius 3 is 2.56 bits per heavy atom. The normalized spacial score (nSPS) is 10.1. The summed E-state index contributed by atoms with van der Waals surface area (Å²) in [4.78, 5) is 1.26. The number of hydrogen-bond acceptors (Lipinski definition) is 3. The molecule has 0 aliphatic rings. The number of nitrogens with one attached hydrogen (secondary N) is 1. The number of benzene rings is 1. The summed E-state index contributed by atoms with van der Waals surface area (Å²) >= 11 is 5.07. The summed E-state index contributed by atoms with van der Waals surface area (Å²) in [6, 6.07) is 12.2. The average molecular weight is 298 g/mol. The SMILES string of the molecule is COc1ccc(CNc2ccc(Br)cc2)s1. The van der Waals surface area contributed by atoms with Crippen LogP contribution in [0.5, 0.6) is 5.06 Å². The van der Waals surface area contributed by atoms with Crippen molar-refractivity contribution in [2.24, 2.45) is 0 Å². The van der Waals surface area contributed by atoms with Crippen molar-refractivity contribution in [1.82, 2.24) is 0 Å². The van der Waals surface area contributed by atoms with Crippen molar-refractivity contribution in [2.45, 2.75) is 6.54 Å². The zero-order chi connectivity index (χ0) is 11.4. The van der Waals surface area contributed by atoms with Gasteiger partial charge in [-0.1, -0.05) is 15.9 Å². The molecule has 0 aliphatic carbocycles. The standard InChI is InChI=1S/C12H12BrNOS/c1-15-12-7-6-11(16-12)8-14-10-4-2-9(13)3-5-10/h2-7,14H,8H2,1H3. The van der Waals surface area contributed by atoms with E-state index < -0.39 is 0 Å². The lowest BCUT2D eigenvalue weighted by atomic mass is 10.3. The second-order valence-electron chi connectivity index (χ2n) is 3.29. The molecule has 2 nitrogen and oxygen atoms in total. The highest BCUT2D eigenvalue weighted by Gasteiger charge is 1.99. The van der Waals surface area contributed by atoms with Crippen LogP contribution in [0.2, 0.25) is 0 Å². The Kier molecular flexibility index (Phi) is 3.85. The highest BCUT2D eigenvalue weighted by Crippen LogP contribution is 2.24. The van der Waals surface area contributed by atoms with Gasteiger partial charge in [0.05, 0.1) is 7.11 Å². The van der Waals surface area contributed by atoms with Crippen LogP contribution < -0.4 is 10.1 Å². The van der Waals surface area contributed by atoms with Crippen LogP contribution in [0.4, 0.5) is 5.69 Å². The summed E-state index contributed by atoms with van der Waals surface area (Å²) in [5.41, 5.74) is 1.12. The Morgan fingerprint density at radius 1 is 1.19 bits per heavy atom. The molecule has 2 aromatic rings. The zero-order valence-electron chi connectivity index (χ0n) is 8.87. The van der Waals surface area contributed by atoms with Gasteiger partial charge in [-0.2, -0.15) is 0 Å². The maximum Gasteiger partial charge on any atom is 0.173 e. The maximum absolute atomic E-state index is 5.15. The molecule has 0 bridgehead atoms. The molecule has 0 saturated carbocycles. The van der Waals surface area contributed by atoms with Gasteiger partial charge in [-0.15, -0.1) is 11.3 Å². The Morgan fingerprint density at radius 2 is 1.94 bits per heavy atom. The lowest BCUT2D eigenvalue weighted by Crippen LogP contribution is -1.96. The van der Waals surface area contributed by atoms with E-state index in [1.807, 2.05) is 18.2 Å². The Balaban J connectivity index is 1.94. The second kappa shape index (κ2) is 5.37. The molecule has 0 atom stereocenters. The third-order valence-corrected chi connectivity index (χ3v) is 3.72. The Hall–Kier alpha value is -1.000. The Labute approximate surface area is 107 Å². The highest BCUT2D eigenvalue weighted by atomic mass is 79.9. The number of methoxy groups -OCH3 is 1. The molecule has 4 heteroatoms. The second-order valence-corrected chi connectivity index (χ2v) is 5.33. The van der Waals surface area contributed by atoms with E-state index in [0.717, 1.165) is 21.8 Å². The van der Waals surface area contributed by atoms with E-state index in [1.54, 1.807) is 18.4 Å². The van der Waals surface area contributed by atoms with Crippen LogP contribution in [-0.4, -0.2) is 7.11 Å². The van der Waals surface area contributed by atoms with Gasteiger partial charge in [0.2, 0.25) is 0 Å². The molecule has 0 unspecified atom stereocenters. The first-order valence-corrected chi connectivity index (χ1v) is 6.51. The molecule has 0 amide bonds. The van der Waals surface area contributed by atoms with Crippen molar-refractivity contribution in [2.75, 3.05) is 12.4 Å². The zero-order valence-corrected chi connectivity index (χ0v) is 11.3. The van der Waals surface area contributed by atoms with E-state index in [2.05, 4.69) is 39.4 Å². The number of ether oxygens (including phenoxy) is 1. The fraction of sp³-hybridized carbons (Fsp3) is 0.167. The number of thiophene rings is 1. The van der Waals surface area contributed by atoms with Crippen molar-refractivity contribution in [3.8, 4) is 5.06 Å². The van der Waals surface area contributed by atoms with Crippen LogP contribution in [-0.2, 0) is 6.54 Å². The minimum Gasteiger partial charge on any atom is -0.487 e. The molecular weight excluding hydrogens is 286 g/mol. The smallest absolute Gasteiger partial charge is 0.173 e. The third-order valence-electron chi connectivity index (χ3n) is 2.15. The Bertz CT molecular complexity index is 452. The molecule has 16 heavy (non-hydrogen) atoms. The fourth-order valence-corrected chi connectivity index (χ4v) is 2.34. The fourth-order valence-electron chi connectivity index (χ4n) is 1.32. The first-order chi connectivity index (χ1) is 7.78. The van der Waals surface area contributed by atoms with Gasteiger partial charge in [-0.05, 0) is 36.4 Å². The molecule has 0 fully saturated rings. The summed E-state index contributed by atoms with van der Waals surface area (Å²) in [6.07, 6.45) is 0. The van der Waals surface area contributed by atoms with E-state index >= 15 is 0 Å². The van der Waals surface area contributed by atoms with E-state index in [1.165, 1.54) is 4.88 Å². The minimum absolute atomic E-state index is 0.829. The molecule has 1 aromatic carbocycles. The highest BCUT2D eigenvalue weighted by molar-refractivity contribution is 9.10. The van der Waals surface area contributed by atoms with Gasteiger partial charge in [-0.3, -0.25) is 0 Å². The van der Waals surface area contributed by atoms with Crippen LogP contribution in [0.1, 0.15) is 4.88 Å². The van der Waals surface area contributed by atoms with Crippen molar-refractivity contribution in [3.63, 3.8) is 0 Å². The maximum atomic E-state index is 5.15. The molecule has 0 aliphatic heterocycles. The van der Waals surface area contributed by atoms with Gasteiger partial charge in [0.1, 0.15) is 0 Å². The first kappa shape index (κ1) is 11.5. The van der Waals surface area contributed by atoms with E-state index in [9.17, 15) is 0 Å². The number of halogens is 1. The molecule has 1 N–H and O–H groups in total. The average Bonchev–Trinajstić information content (AvgIpc) is 2.76. The summed E-state index contributed by atoms with van der Waals surface area (Å²) in [6.45, 7) is 0.829. The van der Waals surface area contributed by atoms with Crippen molar-refractivity contribution >= 4 is 33.0 Å². The van der Waals surface area contributed by atoms with E-state index in [0.29, 0.717) is 0 Å².